The predicted molar refractivity (Wildman–Crippen MR) is 92.3 cm³/mol. The minimum Gasteiger partial charge on any atom is -0.351 e. The average Bonchev–Trinajstić information content (AvgIpc) is 2.56. The summed E-state index contributed by atoms with van der Waals surface area (Å²) in [5, 5.41) is 2.68. The van der Waals surface area contributed by atoms with Crippen molar-refractivity contribution in [3.8, 4) is 0 Å². The molecule has 5 nitrogen and oxygen atoms in total. The fraction of sp³-hybridized carbons (Fsp3) is 0.471. The quantitative estimate of drug-likeness (QED) is 0.808. The van der Waals surface area contributed by atoms with Crippen LogP contribution < -0.4 is 5.32 Å². The highest BCUT2D eigenvalue weighted by Gasteiger charge is 2.23. The molecule has 1 aromatic rings. The SMILES string of the molecule is C/C(=C\c1ccccc1)C(=O)NCCS(=O)(=O)N1CCCCC1. The first kappa shape index (κ1) is 17.7. The van der Waals surface area contributed by atoms with Gasteiger partial charge in [-0.1, -0.05) is 36.8 Å². The molecule has 0 aromatic heterocycles. The first-order valence-electron chi connectivity index (χ1n) is 7.98. The number of nitrogens with one attached hydrogen (secondary N) is 1. The van der Waals surface area contributed by atoms with Gasteiger partial charge in [0, 0.05) is 25.2 Å². The monoisotopic (exact) mass is 336 g/mol. The van der Waals surface area contributed by atoms with Gasteiger partial charge in [0.05, 0.1) is 5.75 Å². The number of rotatable bonds is 6. The zero-order chi connectivity index (χ0) is 16.7. The summed E-state index contributed by atoms with van der Waals surface area (Å²) in [5.74, 6) is -0.278. The highest BCUT2D eigenvalue weighted by atomic mass is 32.2. The van der Waals surface area contributed by atoms with E-state index in [0.717, 1.165) is 24.8 Å². The summed E-state index contributed by atoms with van der Waals surface area (Å²) in [7, 11) is -3.26. The van der Waals surface area contributed by atoms with Gasteiger partial charge in [0.15, 0.2) is 0 Å². The highest BCUT2D eigenvalue weighted by molar-refractivity contribution is 7.89. The van der Waals surface area contributed by atoms with Gasteiger partial charge in [0.1, 0.15) is 0 Å². The van der Waals surface area contributed by atoms with Crippen LogP contribution in [0.5, 0.6) is 0 Å². The molecule has 0 radical (unpaired) electrons. The van der Waals surface area contributed by atoms with Crippen LogP contribution in [0.4, 0.5) is 0 Å². The van der Waals surface area contributed by atoms with Crippen molar-refractivity contribution in [2.45, 2.75) is 26.2 Å². The summed E-state index contributed by atoms with van der Waals surface area (Å²) < 4.78 is 25.9. The number of sulfonamides is 1. The first-order chi connectivity index (χ1) is 11.0. The minimum absolute atomic E-state index is 0.0443. The van der Waals surface area contributed by atoms with Crippen molar-refractivity contribution >= 4 is 22.0 Å². The molecule has 2 rings (SSSR count). The van der Waals surface area contributed by atoms with Crippen LogP contribution in [0.25, 0.3) is 6.08 Å². The van der Waals surface area contributed by atoms with Crippen molar-refractivity contribution in [3.05, 3.63) is 41.5 Å². The molecule has 0 unspecified atom stereocenters. The molecule has 1 aliphatic heterocycles. The van der Waals surface area contributed by atoms with Crippen molar-refractivity contribution in [2.75, 3.05) is 25.4 Å². The lowest BCUT2D eigenvalue weighted by molar-refractivity contribution is -0.117. The van der Waals surface area contributed by atoms with Crippen molar-refractivity contribution in [3.63, 3.8) is 0 Å². The molecule has 0 aliphatic carbocycles. The van der Waals surface area contributed by atoms with E-state index in [1.54, 1.807) is 13.0 Å². The maximum Gasteiger partial charge on any atom is 0.246 e. The van der Waals surface area contributed by atoms with Crippen LogP contribution in [-0.4, -0.2) is 44.0 Å². The molecule has 0 atom stereocenters. The Morgan fingerprint density at radius 2 is 1.83 bits per heavy atom. The van der Waals surface area contributed by atoms with Gasteiger partial charge < -0.3 is 5.32 Å². The molecule has 1 heterocycles. The molecule has 0 spiro atoms. The second kappa shape index (κ2) is 8.26. The van der Waals surface area contributed by atoms with Gasteiger partial charge in [0.25, 0.3) is 0 Å². The smallest absolute Gasteiger partial charge is 0.246 e. The van der Waals surface area contributed by atoms with Crippen LogP contribution in [0.1, 0.15) is 31.7 Å². The number of hydrogen-bond donors (Lipinski definition) is 1. The van der Waals surface area contributed by atoms with E-state index in [9.17, 15) is 13.2 Å². The molecule has 23 heavy (non-hydrogen) atoms. The molecule has 0 saturated carbocycles. The van der Waals surface area contributed by atoms with Crippen LogP contribution in [0.3, 0.4) is 0 Å². The van der Waals surface area contributed by atoms with E-state index < -0.39 is 10.0 Å². The van der Waals surface area contributed by atoms with Gasteiger partial charge in [-0.15, -0.1) is 0 Å². The Hall–Kier alpha value is -1.66. The lowest BCUT2D eigenvalue weighted by atomic mass is 10.1. The maximum absolute atomic E-state index is 12.2. The van der Waals surface area contributed by atoms with Gasteiger partial charge in [0.2, 0.25) is 15.9 Å². The third kappa shape index (κ3) is 5.48. The summed E-state index contributed by atoms with van der Waals surface area (Å²) in [4.78, 5) is 12.0. The Kier molecular flexibility index (Phi) is 6.36. The maximum atomic E-state index is 12.2. The Labute approximate surface area is 138 Å². The fourth-order valence-electron chi connectivity index (χ4n) is 2.57. The second-order valence-corrected chi connectivity index (χ2v) is 7.86. The predicted octanol–water partition coefficient (Wildman–Crippen LogP) is 2.02. The lowest BCUT2D eigenvalue weighted by Gasteiger charge is -2.25. The molecule has 1 amide bonds. The molecule has 0 bridgehead atoms. The van der Waals surface area contributed by atoms with Crippen LogP contribution >= 0.6 is 0 Å². The van der Waals surface area contributed by atoms with Crippen molar-refractivity contribution in [1.82, 2.24) is 9.62 Å². The molecule has 6 heteroatoms. The van der Waals surface area contributed by atoms with Gasteiger partial charge in [-0.05, 0) is 31.4 Å². The lowest BCUT2D eigenvalue weighted by Crippen LogP contribution is -2.40. The van der Waals surface area contributed by atoms with Crippen LogP contribution in [0.2, 0.25) is 0 Å². The number of nitrogens with zero attached hydrogens (tertiary/aromatic N) is 1. The van der Waals surface area contributed by atoms with E-state index in [1.807, 2.05) is 30.3 Å². The van der Waals surface area contributed by atoms with E-state index in [1.165, 1.54) is 4.31 Å². The topological polar surface area (TPSA) is 66.5 Å². The first-order valence-corrected chi connectivity index (χ1v) is 9.59. The van der Waals surface area contributed by atoms with Crippen LogP contribution in [0.15, 0.2) is 35.9 Å². The fourth-order valence-corrected chi connectivity index (χ4v) is 4.00. The Bertz CT molecular complexity index is 648. The molecule has 1 aliphatic rings. The number of carbonyl (C=O) groups is 1. The minimum atomic E-state index is -3.26. The summed E-state index contributed by atoms with van der Waals surface area (Å²) in [6.45, 7) is 3.06. The molecular formula is C17H24N2O3S. The number of carbonyl (C=O) groups excluding carboxylic acids is 1. The van der Waals surface area contributed by atoms with Gasteiger partial charge in [-0.3, -0.25) is 4.79 Å². The van der Waals surface area contributed by atoms with Gasteiger partial charge >= 0.3 is 0 Å². The average molecular weight is 336 g/mol. The number of amides is 1. The molecular weight excluding hydrogens is 312 g/mol. The standard InChI is InChI=1S/C17H24N2O3S/c1-15(14-16-8-4-2-5-9-16)17(20)18-10-13-23(21,22)19-11-6-3-7-12-19/h2,4-5,8-9,14H,3,6-7,10-13H2,1H3,(H,18,20)/b15-14+. The Morgan fingerprint density at radius 3 is 2.48 bits per heavy atom. The second-order valence-electron chi connectivity index (χ2n) is 5.77. The van der Waals surface area contributed by atoms with Crippen LogP contribution in [0, 0.1) is 0 Å². The molecule has 1 saturated heterocycles. The zero-order valence-electron chi connectivity index (χ0n) is 13.5. The zero-order valence-corrected chi connectivity index (χ0v) is 14.3. The van der Waals surface area contributed by atoms with Crippen LogP contribution in [-0.2, 0) is 14.8 Å². The summed E-state index contributed by atoms with van der Waals surface area (Å²) >= 11 is 0. The van der Waals surface area contributed by atoms with Gasteiger partial charge in [-0.25, -0.2) is 12.7 Å². The van der Waals surface area contributed by atoms with E-state index in [4.69, 9.17) is 0 Å². The third-order valence-corrected chi connectivity index (χ3v) is 5.77. The molecule has 1 aromatic carbocycles. The van der Waals surface area contributed by atoms with E-state index >= 15 is 0 Å². The molecule has 126 valence electrons. The van der Waals surface area contributed by atoms with Crippen molar-refractivity contribution < 1.29 is 13.2 Å². The number of hydrogen-bond acceptors (Lipinski definition) is 3. The summed E-state index contributed by atoms with van der Waals surface area (Å²) in [6.07, 6.45) is 4.72. The number of benzene rings is 1. The number of piperidine rings is 1. The normalized spacial score (nSPS) is 17.0. The van der Waals surface area contributed by atoms with Crippen molar-refractivity contribution in [2.24, 2.45) is 0 Å². The van der Waals surface area contributed by atoms with Gasteiger partial charge in [-0.2, -0.15) is 0 Å². The Morgan fingerprint density at radius 1 is 1.17 bits per heavy atom. The van der Waals surface area contributed by atoms with E-state index in [0.29, 0.717) is 18.7 Å². The molecule has 1 N–H and O–H groups in total. The molecule has 1 fully saturated rings. The Balaban J connectivity index is 1.83. The van der Waals surface area contributed by atoms with E-state index in [2.05, 4.69) is 5.32 Å². The largest absolute Gasteiger partial charge is 0.351 e. The summed E-state index contributed by atoms with van der Waals surface area (Å²) in [6, 6.07) is 9.55. The summed E-state index contributed by atoms with van der Waals surface area (Å²) in [5.41, 5.74) is 1.51. The highest BCUT2D eigenvalue weighted by Crippen LogP contribution is 2.13. The van der Waals surface area contributed by atoms with Crippen molar-refractivity contribution in [1.29, 1.82) is 0 Å². The third-order valence-electron chi connectivity index (χ3n) is 3.89. The van der Waals surface area contributed by atoms with E-state index in [-0.39, 0.29) is 18.2 Å².